The molecule has 0 fully saturated rings. The standard InChI is InChI=1S/C10H24N2/c1-5-6-7-8-12-9-10(2,3)11-4/h11-12H,5-9H2,1-4H3. The molecule has 0 saturated carbocycles. The average molecular weight is 172 g/mol. The van der Waals surface area contributed by atoms with Crippen molar-refractivity contribution in [2.45, 2.75) is 45.6 Å². The van der Waals surface area contributed by atoms with Crippen molar-refractivity contribution in [2.75, 3.05) is 20.1 Å². The van der Waals surface area contributed by atoms with Crippen molar-refractivity contribution in [3.63, 3.8) is 0 Å². The third kappa shape index (κ3) is 6.62. The first-order chi connectivity index (χ1) is 5.62. The topological polar surface area (TPSA) is 24.1 Å². The lowest BCUT2D eigenvalue weighted by atomic mass is 10.1. The van der Waals surface area contributed by atoms with E-state index in [1.165, 1.54) is 19.3 Å². The molecule has 2 N–H and O–H groups in total. The van der Waals surface area contributed by atoms with Crippen molar-refractivity contribution < 1.29 is 0 Å². The van der Waals surface area contributed by atoms with Crippen LogP contribution >= 0.6 is 0 Å². The van der Waals surface area contributed by atoms with E-state index in [-0.39, 0.29) is 5.54 Å². The molecule has 0 amide bonds. The molecule has 74 valence electrons. The van der Waals surface area contributed by atoms with E-state index < -0.39 is 0 Å². The zero-order valence-corrected chi connectivity index (χ0v) is 9.04. The molecule has 0 radical (unpaired) electrons. The van der Waals surface area contributed by atoms with Crippen LogP contribution < -0.4 is 10.6 Å². The van der Waals surface area contributed by atoms with Gasteiger partial charge in [-0.15, -0.1) is 0 Å². The summed E-state index contributed by atoms with van der Waals surface area (Å²) in [5.74, 6) is 0. The van der Waals surface area contributed by atoms with Crippen molar-refractivity contribution in [2.24, 2.45) is 0 Å². The number of likely N-dealkylation sites (N-methyl/N-ethyl adjacent to an activating group) is 1. The van der Waals surface area contributed by atoms with Crippen LogP contribution in [0.15, 0.2) is 0 Å². The van der Waals surface area contributed by atoms with Gasteiger partial charge in [0, 0.05) is 12.1 Å². The Balaban J connectivity index is 3.19. The minimum Gasteiger partial charge on any atom is -0.315 e. The smallest absolute Gasteiger partial charge is 0.0246 e. The van der Waals surface area contributed by atoms with Crippen LogP contribution in [0.4, 0.5) is 0 Å². The van der Waals surface area contributed by atoms with E-state index in [1.54, 1.807) is 0 Å². The Labute approximate surface area is 77.1 Å². The predicted molar refractivity (Wildman–Crippen MR) is 55.5 cm³/mol. The third-order valence-electron chi connectivity index (χ3n) is 2.20. The van der Waals surface area contributed by atoms with Gasteiger partial charge in [0.15, 0.2) is 0 Å². The zero-order valence-electron chi connectivity index (χ0n) is 9.04. The van der Waals surface area contributed by atoms with Gasteiger partial charge in [0.1, 0.15) is 0 Å². The van der Waals surface area contributed by atoms with Crippen LogP contribution in [-0.2, 0) is 0 Å². The number of hydrogen-bond donors (Lipinski definition) is 2. The molecule has 0 atom stereocenters. The normalized spacial score (nSPS) is 12.0. The van der Waals surface area contributed by atoms with Crippen molar-refractivity contribution in [3.8, 4) is 0 Å². The zero-order chi connectivity index (χ0) is 9.45. The molecule has 2 nitrogen and oxygen atoms in total. The highest BCUT2D eigenvalue weighted by Crippen LogP contribution is 1.98. The summed E-state index contributed by atoms with van der Waals surface area (Å²) in [7, 11) is 2.01. The van der Waals surface area contributed by atoms with Crippen molar-refractivity contribution in [1.29, 1.82) is 0 Å². The lowest BCUT2D eigenvalue weighted by molar-refractivity contribution is 0.392. The van der Waals surface area contributed by atoms with E-state index in [4.69, 9.17) is 0 Å². The molecule has 0 bridgehead atoms. The Kier molecular flexibility index (Phi) is 6.39. The SMILES string of the molecule is CCCCCNCC(C)(C)NC. The van der Waals surface area contributed by atoms with Gasteiger partial charge in [-0.05, 0) is 33.9 Å². The van der Waals surface area contributed by atoms with Gasteiger partial charge in [0.25, 0.3) is 0 Å². The fraction of sp³-hybridized carbons (Fsp3) is 1.00. The maximum atomic E-state index is 3.45. The summed E-state index contributed by atoms with van der Waals surface area (Å²) in [4.78, 5) is 0. The van der Waals surface area contributed by atoms with Crippen molar-refractivity contribution >= 4 is 0 Å². The fourth-order valence-corrected chi connectivity index (χ4v) is 0.989. The Morgan fingerprint density at radius 1 is 1.17 bits per heavy atom. The molecule has 0 heterocycles. The van der Waals surface area contributed by atoms with Crippen LogP contribution in [0.1, 0.15) is 40.0 Å². The molecule has 0 rings (SSSR count). The van der Waals surface area contributed by atoms with Crippen LogP contribution in [0.25, 0.3) is 0 Å². The second kappa shape index (κ2) is 6.44. The molecular formula is C10H24N2. The second-order valence-corrected chi connectivity index (χ2v) is 4.02. The van der Waals surface area contributed by atoms with Crippen LogP contribution in [0.3, 0.4) is 0 Å². The van der Waals surface area contributed by atoms with Crippen LogP contribution in [0.2, 0.25) is 0 Å². The summed E-state index contributed by atoms with van der Waals surface area (Å²) in [6.07, 6.45) is 3.94. The quantitative estimate of drug-likeness (QED) is 0.572. The highest BCUT2D eigenvalue weighted by Gasteiger charge is 2.12. The molecule has 2 heteroatoms. The Morgan fingerprint density at radius 3 is 2.33 bits per heavy atom. The number of nitrogens with one attached hydrogen (secondary N) is 2. The highest BCUT2D eigenvalue weighted by molar-refractivity contribution is 4.77. The maximum Gasteiger partial charge on any atom is 0.0246 e. The summed E-state index contributed by atoms with van der Waals surface area (Å²) in [6, 6.07) is 0. The van der Waals surface area contributed by atoms with E-state index >= 15 is 0 Å². The Morgan fingerprint density at radius 2 is 1.83 bits per heavy atom. The van der Waals surface area contributed by atoms with Crippen LogP contribution in [0.5, 0.6) is 0 Å². The second-order valence-electron chi connectivity index (χ2n) is 4.02. The van der Waals surface area contributed by atoms with Gasteiger partial charge in [-0.2, -0.15) is 0 Å². The minimum absolute atomic E-state index is 0.228. The third-order valence-corrected chi connectivity index (χ3v) is 2.20. The molecule has 0 aliphatic rings. The molecular weight excluding hydrogens is 148 g/mol. The van der Waals surface area contributed by atoms with Gasteiger partial charge in [0.05, 0.1) is 0 Å². The van der Waals surface area contributed by atoms with Gasteiger partial charge < -0.3 is 10.6 Å². The molecule has 12 heavy (non-hydrogen) atoms. The first kappa shape index (κ1) is 11.9. The number of unbranched alkanes of at least 4 members (excludes halogenated alkanes) is 2. The molecule has 0 aromatic rings. The van der Waals surface area contributed by atoms with Crippen molar-refractivity contribution in [1.82, 2.24) is 10.6 Å². The van der Waals surface area contributed by atoms with Crippen molar-refractivity contribution in [3.05, 3.63) is 0 Å². The lowest BCUT2D eigenvalue weighted by Gasteiger charge is -2.24. The van der Waals surface area contributed by atoms with Gasteiger partial charge in [-0.25, -0.2) is 0 Å². The van der Waals surface area contributed by atoms with Gasteiger partial charge >= 0.3 is 0 Å². The largest absolute Gasteiger partial charge is 0.315 e. The van der Waals surface area contributed by atoms with E-state index in [1.807, 2.05) is 7.05 Å². The van der Waals surface area contributed by atoms with E-state index in [0.29, 0.717) is 0 Å². The molecule has 0 spiro atoms. The number of hydrogen-bond acceptors (Lipinski definition) is 2. The first-order valence-electron chi connectivity index (χ1n) is 5.02. The number of rotatable bonds is 7. The molecule has 0 aromatic heterocycles. The van der Waals surface area contributed by atoms with Crippen LogP contribution in [0, 0.1) is 0 Å². The van der Waals surface area contributed by atoms with Gasteiger partial charge in [-0.3, -0.25) is 0 Å². The van der Waals surface area contributed by atoms with Gasteiger partial charge in [0.2, 0.25) is 0 Å². The summed E-state index contributed by atoms with van der Waals surface area (Å²) in [6.45, 7) is 8.85. The average Bonchev–Trinajstić information content (AvgIpc) is 2.04. The Bertz CT molecular complexity index is 100. The highest BCUT2D eigenvalue weighted by atomic mass is 15.0. The lowest BCUT2D eigenvalue weighted by Crippen LogP contribution is -2.45. The van der Waals surface area contributed by atoms with E-state index in [2.05, 4.69) is 31.4 Å². The first-order valence-corrected chi connectivity index (χ1v) is 5.02. The maximum absolute atomic E-state index is 3.45. The Hall–Kier alpha value is -0.0800. The van der Waals surface area contributed by atoms with E-state index in [9.17, 15) is 0 Å². The molecule has 0 unspecified atom stereocenters. The van der Waals surface area contributed by atoms with E-state index in [0.717, 1.165) is 13.1 Å². The molecule has 0 aliphatic heterocycles. The summed E-state index contributed by atoms with van der Waals surface area (Å²) in [5, 5.41) is 6.72. The molecule has 0 aliphatic carbocycles. The molecule has 0 saturated heterocycles. The van der Waals surface area contributed by atoms with Gasteiger partial charge in [-0.1, -0.05) is 19.8 Å². The fourth-order valence-electron chi connectivity index (χ4n) is 0.989. The van der Waals surface area contributed by atoms with Crippen LogP contribution in [-0.4, -0.2) is 25.7 Å². The summed E-state index contributed by atoms with van der Waals surface area (Å²) >= 11 is 0. The predicted octanol–water partition coefficient (Wildman–Crippen LogP) is 1.76. The monoisotopic (exact) mass is 172 g/mol. The minimum atomic E-state index is 0.228. The molecule has 0 aromatic carbocycles. The summed E-state index contributed by atoms with van der Waals surface area (Å²) in [5.41, 5.74) is 0.228. The summed E-state index contributed by atoms with van der Waals surface area (Å²) < 4.78 is 0.